The molecule has 0 spiro atoms. The lowest BCUT2D eigenvalue weighted by Gasteiger charge is -2.06. The molecule has 0 aromatic heterocycles. The molecule has 0 bridgehead atoms. The zero-order chi connectivity index (χ0) is 13.8. The molecular weight excluding hydrogens is 320 g/mol. The summed E-state index contributed by atoms with van der Waals surface area (Å²) in [6, 6.07) is 12.9. The van der Waals surface area contributed by atoms with Crippen molar-refractivity contribution in [3.05, 3.63) is 68.1 Å². The molecule has 2 rings (SSSR count). The van der Waals surface area contributed by atoms with Gasteiger partial charge in [-0.15, -0.1) is 0 Å². The van der Waals surface area contributed by atoms with Crippen molar-refractivity contribution in [1.29, 1.82) is 0 Å². The van der Waals surface area contributed by atoms with Gasteiger partial charge >= 0.3 is 0 Å². The summed E-state index contributed by atoms with van der Waals surface area (Å²) in [5, 5.41) is 0.853. The first-order valence-electron chi connectivity index (χ1n) is 6.56. The molecular formula is C17H18BrCl. The molecule has 0 nitrogen and oxygen atoms in total. The van der Waals surface area contributed by atoms with Gasteiger partial charge in [-0.2, -0.15) is 0 Å². The Labute approximate surface area is 128 Å². The molecule has 0 atom stereocenters. The van der Waals surface area contributed by atoms with Crippen molar-refractivity contribution in [2.45, 2.75) is 33.1 Å². The van der Waals surface area contributed by atoms with Crippen molar-refractivity contribution in [3.8, 4) is 0 Å². The van der Waals surface area contributed by atoms with E-state index in [4.69, 9.17) is 11.6 Å². The van der Waals surface area contributed by atoms with Gasteiger partial charge < -0.3 is 0 Å². The lowest BCUT2D eigenvalue weighted by molar-refractivity contribution is 0.819. The van der Waals surface area contributed by atoms with Gasteiger partial charge in [-0.25, -0.2) is 0 Å². The molecule has 2 aromatic carbocycles. The van der Waals surface area contributed by atoms with Crippen molar-refractivity contribution < 1.29 is 0 Å². The number of aryl methyl sites for hydroxylation is 4. The minimum Gasteiger partial charge on any atom is -0.0841 e. The second kappa shape index (κ2) is 6.58. The van der Waals surface area contributed by atoms with Gasteiger partial charge in [0, 0.05) is 9.50 Å². The van der Waals surface area contributed by atoms with E-state index in [1.54, 1.807) is 0 Å². The second-order valence-electron chi connectivity index (χ2n) is 5.02. The van der Waals surface area contributed by atoms with Crippen LogP contribution in [0.25, 0.3) is 0 Å². The van der Waals surface area contributed by atoms with Crippen LogP contribution in [0.3, 0.4) is 0 Å². The van der Waals surface area contributed by atoms with Crippen LogP contribution in [0.15, 0.2) is 40.9 Å². The van der Waals surface area contributed by atoms with Gasteiger partial charge in [0.05, 0.1) is 0 Å². The average molecular weight is 338 g/mol. The van der Waals surface area contributed by atoms with Crippen LogP contribution in [0, 0.1) is 13.8 Å². The normalized spacial score (nSPS) is 10.7. The van der Waals surface area contributed by atoms with E-state index < -0.39 is 0 Å². The summed E-state index contributed by atoms with van der Waals surface area (Å²) in [6.45, 7) is 4.17. The van der Waals surface area contributed by atoms with Gasteiger partial charge in [-0.1, -0.05) is 51.8 Å². The predicted octanol–water partition coefficient (Wildman–Crippen LogP) is 5.89. The number of halogens is 2. The van der Waals surface area contributed by atoms with Crippen molar-refractivity contribution in [1.82, 2.24) is 0 Å². The smallest absolute Gasteiger partial charge is 0.0435 e. The molecule has 0 saturated carbocycles. The van der Waals surface area contributed by atoms with Crippen molar-refractivity contribution in [3.63, 3.8) is 0 Å². The summed E-state index contributed by atoms with van der Waals surface area (Å²) in [7, 11) is 0. The van der Waals surface area contributed by atoms with Crippen LogP contribution < -0.4 is 0 Å². The quantitative estimate of drug-likeness (QED) is 0.652. The lowest BCUT2D eigenvalue weighted by atomic mass is 10.0. The maximum Gasteiger partial charge on any atom is 0.0435 e. The maximum atomic E-state index is 6.04. The predicted molar refractivity (Wildman–Crippen MR) is 87.1 cm³/mol. The van der Waals surface area contributed by atoms with Crippen LogP contribution in [0.2, 0.25) is 5.02 Å². The van der Waals surface area contributed by atoms with Crippen LogP contribution in [-0.4, -0.2) is 0 Å². The lowest BCUT2D eigenvalue weighted by Crippen LogP contribution is -1.92. The minimum absolute atomic E-state index is 0.853. The topological polar surface area (TPSA) is 0 Å². The molecule has 0 amide bonds. The fourth-order valence-electron chi connectivity index (χ4n) is 2.15. The molecule has 2 heteroatoms. The van der Waals surface area contributed by atoms with E-state index in [0.29, 0.717) is 0 Å². The van der Waals surface area contributed by atoms with E-state index in [1.165, 1.54) is 21.2 Å². The molecule has 0 fully saturated rings. The summed E-state index contributed by atoms with van der Waals surface area (Å²) >= 11 is 9.62. The van der Waals surface area contributed by atoms with Crippen molar-refractivity contribution in [2.24, 2.45) is 0 Å². The van der Waals surface area contributed by atoms with Crippen LogP contribution in [-0.2, 0) is 12.8 Å². The third-order valence-electron chi connectivity index (χ3n) is 3.39. The zero-order valence-corrected chi connectivity index (χ0v) is 13.7. The van der Waals surface area contributed by atoms with Crippen molar-refractivity contribution in [2.75, 3.05) is 0 Å². The Morgan fingerprint density at radius 2 is 1.53 bits per heavy atom. The SMILES string of the molecule is Cc1cc(CCCc2ccc(C)c(Br)c2)ccc1Cl. The van der Waals surface area contributed by atoms with Gasteiger partial charge in [0.2, 0.25) is 0 Å². The fraction of sp³-hybridized carbons (Fsp3) is 0.294. The van der Waals surface area contributed by atoms with Crippen LogP contribution >= 0.6 is 27.5 Å². The second-order valence-corrected chi connectivity index (χ2v) is 6.28. The van der Waals surface area contributed by atoms with Gasteiger partial charge in [0.25, 0.3) is 0 Å². The standard InChI is InChI=1S/C17H18BrCl/c1-12-6-7-15(11-16(12)18)5-3-4-14-8-9-17(19)13(2)10-14/h6-11H,3-5H2,1-2H3. The number of hydrogen-bond acceptors (Lipinski definition) is 0. The van der Waals surface area contributed by atoms with E-state index in [-0.39, 0.29) is 0 Å². The van der Waals surface area contributed by atoms with E-state index in [9.17, 15) is 0 Å². The summed E-state index contributed by atoms with van der Waals surface area (Å²) < 4.78 is 1.20. The molecule has 100 valence electrons. The molecule has 19 heavy (non-hydrogen) atoms. The number of rotatable bonds is 4. The Morgan fingerprint density at radius 3 is 2.16 bits per heavy atom. The minimum atomic E-state index is 0.853. The first-order chi connectivity index (χ1) is 9.06. The van der Waals surface area contributed by atoms with E-state index in [2.05, 4.69) is 60.1 Å². The molecule has 2 aromatic rings. The largest absolute Gasteiger partial charge is 0.0841 e. The maximum absolute atomic E-state index is 6.04. The molecule has 0 aliphatic heterocycles. The van der Waals surface area contributed by atoms with Gasteiger partial charge in [0.1, 0.15) is 0 Å². The van der Waals surface area contributed by atoms with Crippen LogP contribution in [0.5, 0.6) is 0 Å². The summed E-state index contributed by atoms with van der Waals surface area (Å²) in [5.74, 6) is 0. The van der Waals surface area contributed by atoms with Crippen molar-refractivity contribution >= 4 is 27.5 Å². The molecule has 0 saturated heterocycles. The first kappa shape index (κ1) is 14.6. The van der Waals surface area contributed by atoms with Crippen LogP contribution in [0.1, 0.15) is 28.7 Å². The monoisotopic (exact) mass is 336 g/mol. The highest BCUT2D eigenvalue weighted by molar-refractivity contribution is 9.10. The van der Waals surface area contributed by atoms with Gasteiger partial charge in [-0.05, 0) is 67.5 Å². The Kier molecular flexibility index (Phi) is 5.06. The molecule has 0 aliphatic carbocycles. The third kappa shape index (κ3) is 4.09. The summed E-state index contributed by atoms with van der Waals surface area (Å²) in [5.41, 5.74) is 5.21. The summed E-state index contributed by atoms with van der Waals surface area (Å²) in [4.78, 5) is 0. The molecule has 0 radical (unpaired) electrons. The first-order valence-corrected chi connectivity index (χ1v) is 7.73. The highest BCUT2D eigenvalue weighted by Crippen LogP contribution is 2.20. The zero-order valence-electron chi connectivity index (χ0n) is 11.3. The average Bonchev–Trinajstić information content (AvgIpc) is 2.38. The Bertz CT molecular complexity index is 524. The Morgan fingerprint density at radius 1 is 0.895 bits per heavy atom. The number of benzene rings is 2. The molecule has 0 heterocycles. The van der Waals surface area contributed by atoms with E-state index >= 15 is 0 Å². The molecule has 0 unspecified atom stereocenters. The van der Waals surface area contributed by atoms with E-state index in [1.807, 2.05) is 6.07 Å². The van der Waals surface area contributed by atoms with Gasteiger partial charge in [-0.3, -0.25) is 0 Å². The van der Waals surface area contributed by atoms with Gasteiger partial charge in [0.15, 0.2) is 0 Å². The molecule has 0 aliphatic rings. The summed E-state index contributed by atoms with van der Waals surface area (Å²) in [6.07, 6.45) is 3.38. The highest BCUT2D eigenvalue weighted by atomic mass is 79.9. The highest BCUT2D eigenvalue weighted by Gasteiger charge is 2.00. The fourth-order valence-corrected chi connectivity index (χ4v) is 2.69. The number of hydrogen-bond donors (Lipinski definition) is 0. The van der Waals surface area contributed by atoms with Crippen LogP contribution in [0.4, 0.5) is 0 Å². The third-order valence-corrected chi connectivity index (χ3v) is 4.67. The molecule has 0 N–H and O–H groups in total. The van der Waals surface area contributed by atoms with E-state index in [0.717, 1.165) is 29.8 Å². The Hall–Kier alpha value is -0.790. The Balaban J connectivity index is 1.92.